The van der Waals surface area contributed by atoms with Gasteiger partial charge < -0.3 is 19.1 Å². The van der Waals surface area contributed by atoms with Gasteiger partial charge in [-0.05, 0) is 88.6 Å². The molecule has 0 aliphatic carbocycles. The highest BCUT2D eigenvalue weighted by Gasteiger charge is 2.34. The van der Waals surface area contributed by atoms with Gasteiger partial charge in [0.2, 0.25) is 0 Å². The Morgan fingerprint density at radius 1 is 1.18 bits per heavy atom. The third kappa shape index (κ3) is 4.58. The number of ether oxygens (including phenoxy) is 2. The minimum Gasteiger partial charge on any atom is -0.490 e. The zero-order chi connectivity index (χ0) is 29.1. The molecule has 2 N–H and O–H groups in total. The number of fused-ring (bicyclic) bond motifs is 2. The van der Waals surface area contributed by atoms with Crippen molar-refractivity contribution >= 4 is 16.7 Å². The van der Waals surface area contributed by atoms with Crippen molar-refractivity contribution in [1.29, 1.82) is 0 Å². The maximum atomic E-state index is 15.5. The summed E-state index contributed by atoms with van der Waals surface area (Å²) < 4.78 is 28.6. The second-order valence-electron chi connectivity index (χ2n) is 11.4. The summed E-state index contributed by atoms with van der Waals surface area (Å²) in [6.45, 7) is 11.4. The molecular weight excluding hydrogens is 513 g/mol. The Morgan fingerprint density at radius 2 is 1.90 bits per heavy atom. The summed E-state index contributed by atoms with van der Waals surface area (Å²) in [6, 6.07) is 6.87. The van der Waals surface area contributed by atoms with Crippen molar-refractivity contribution in [3.05, 3.63) is 68.6 Å². The van der Waals surface area contributed by atoms with Crippen LogP contribution in [0.1, 0.15) is 61.5 Å². The highest BCUT2D eigenvalue weighted by molar-refractivity contribution is 6.01. The fourth-order valence-corrected chi connectivity index (χ4v) is 5.75. The lowest BCUT2D eigenvalue weighted by molar-refractivity contribution is -0.161. The van der Waals surface area contributed by atoms with E-state index >= 15 is 4.39 Å². The van der Waals surface area contributed by atoms with Gasteiger partial charge in [-0.3, -0.25) is 9.89 Å². The van der Waals surface area contributed by atoms with Gasteiger partial charge in [-0.2, -0.15) is 5.10 Å². The van der Waals surface area contributed by atoms with Crippen LogP contribution in [-0.2, 0) is 23.0 Å². The van der Waals surface area contributed by atoms with Crippen LogP contribution in [-0.4, -0.2) is 38.0 Å². The first-order valence-electron chi connectivity index (χ1n) is 13.3. The van der Waals surface area contributed by atoms with Crippen LogP contribution in [0.3, 0.4) is 0 Å². The zero-order valence-electron chi connectivity index (χ0n) is 23.9. The van der Waals surface area contributed by atoms with Gasteiger partial charge in [-0.25, -0.2) is 9.18 Å². The van der Waals surface area contributed by atoms with Gasteiger partial charge in [0.25, 0.3) is 5.56 Å². The fourth-order valence-electron chi connectivity index (χ4n) is 5.75. The zero-order valence-corrected chi connectivity index (χ0v) is 23.9. The first-order chi connectivity index (χ1) is 18.8. The van der Waals surface area contributed by atoms with Crippen molar-refractivity contribution in [2.24, 2.45) is 7.05 Å². The van der Waals surface area contributed by atoms with Crippen LogP contribution in [0.15, 0.2) is 29.1 Å². The van der Waals surface area contributed by atoms with Crippen molar-refractivity contribution in [1.82, 2.24) is 14.8 Å². The van der Waals surface area contributed by atoms with E-state index in [1.54, 1.807) is 32.9 Å². The number of pyridine rings is 1. The molecule has 5 rings (SSSR count). The predicted molar refractivity (Wildman–Crippen MR) is 151 cm³/mol. The van der Waals surface area contributed by atoms with E-state index in [0.717, 1.165) is 40.1 Å². The van der Waals surface area contributed by atoms with E-state index < -0.39 is 23.5 Å². The molecular formula is C31H34FN3O5. The van der Waals surface area contributed by atoms with E-state index in [1.807, 2.05) is 26.8 Å². The molecule has 0 unspecified atom stereocenters. The number of aromatic amines is 1. The summed E-state index contributed by atoms with van der Waals surface area (Å²) in [5, 5.41) is 18.5. The molecule has 1 aliphatic heterocycles. The molecule has 9 heteroatoms. The van der Waals surface area contributed by atoms with E-state index in [0.29, 0.717) is 34.9 Å². The lowest BCUT2D eigenvalue weighted by atomic mass is 9.87. The van der Waals surface area contributed by atoms with Crippen molar-refractivity contribution in [3.8, 4) is 28.0 Å². The highest BCUT2D eigenvalue weighted by Crippen LogP contribution is 2.43. The number of rotatable bonds is 5. The second kappa shape index (κ2) is 9.89. The summed E-state index contributed by atoms with van der Waals surface area (Å²) in [5.74, 6) is -1.53. The number of halogens is 1. The molecule has 0 spiro atoms. The number of carbonyl (C=O) groups is 1. The first kappa shape index (κ1) is 27.6. The largest absolute Gasteiger partial charge is 0.490 e. The monoisotopic (exact) mass is 547 g/mol. The summed E-state index contributed by atoms with van der Waals surface area (Å²) in [6.07, 6.45) is -0.102. The number of hydrogen-bond acceptors (Lipinski definition) is 5. The molecule has 2 aromatic carbocycles. The van der Waals surface area contributed by atoms with Gasteiger partial charge in [0, 0.05) is 34.8 Å². The van der Waals surface area contributed by atoms with Gasteiger partial charge in [0.1, 0.15) is 0 Å². The third-order valence-corrected chi connectivity index (χ3v) is 7.51. The van der Waals surface area contributed by atoms with Crippen LogP contribution in [0.5, 0.6) is 5.75 Å². The summed E-state index contributed by atoms with van der Waals surface area (Å²) >= 11 is 0. The Hall–Kier alpha value is -3.98. The Kier molecular flexibility index (Phi) is 6.82. The highest BCUT2D eigenvalue weighted by atomic mass is 19.1. The lowest BCUT2D eigenvalue weighted by Crippen LogP contribution is -2.33. The van der Waals surface area contributed by atoms with Gasteiger partial charge in [-0.1, -0.05) is 12.1 Å². The molecule has 0 saturated heterocycles. The van der Waals surface area contributed by atoms with Crippen LogP contribution in [0.25, 0.3) is 33.0 Å². The molecule has 1 aliphatic rings. The number of benzene rings is 2. The molecule has 0 saturated carbocycles. The summed E-state index contributed by atoms with van der Waals surface area (Å²) in [4.78, 5) is 26.6. The molecule has 4 aromatic rings. The molecule has 1 atom stereocenters. The quantitative estimate of drug-likeness (QED) is 0.321. The molecule has 3 heterocycles. The number of aliphatic carboxylic acids is 1. The maximum absolute atomic E-state index is 15.5. The molecule has 40 heavy (non-hydrogen) atoms. The third-order valence-electron chi connectivity index (χ3n) is 7.51. The smallest absolute Gasteiger partial charge is 0.339 e. The standard InChI is InChI=1S/C31H34FN3O5/c1-15-19-9-8-12-39-27(19)23(32)14-21(15)25-20-11-10-18(24-16(2)33-34-17(24)3)13-22(20)29(36)35(7)26(25)28(30(37)38)40-31(4,5)6/h10-11,13-14,28H,8-9,12H2,1-7H3,(H,33,34)(H,37,38)/t28-/m0/s1. The number of nitrogens with zero attached hydrogens (tertiary/aromatic N) is 2. The number of hydrogen-bond donors (Lipinski definition) is 2. The van der Waals surface area contributed by atoms with E-state index in [2.05, 4.69) is 10.2 Å². The minimum absolute atomic E-state index is 0.155. The summed E-state index contributed by atoms with van der Waals surface area (Å²) in [7, 11) is 1.54. The SMILES string of the molecule is Cc1n[nH]c(C)c1-c1ccc2c(-c3cc(F)c4c(c3C)CCCO4)c([C@H](OC(C)(C)C)C(=O)O)n(C)c(=O)c2c1. The number of carboxylic acid groups (broad SMARTS) is 1. The van der Waals surface area contributed by atoms with Crippen LogP contribution < -0.4 is 10.3 Å². The second-order valence-corrected chi connectivity index (χ2v) is 11.4. The molecule has 2 aromatic heterocycles. The van der Waals surface area contributed by atoms with E-state index in [-0.39, 0.29) is 17.0 Å². The Morgan fingerprint density at radius 3 is 2.52 bits per heavy atom. The van der Waals surface area contributed by atoms with E-state index in [1.165, 1.54) is 17.7 Å². The molecule has 8 nitrogen and oxygen atoms in total. The normalized spacial score (nSPS) is 14.2. The Labute approximate surface area is 231 Å². The molecule has 210 valence electrons. The van der Waals surface area contributed by atoms with Gasteiger partial charge in [0.15, 0.2) is 17.7 Å². The Balaban J connectivity index is 1.92. The topological polar surface area (TPSA) is 106 Å². The maximum Gasteiger partial charge on any atom is 0.339 e. The minimum atomic E-state index is -1.48. The number of aryl methyl sites for hydroxylation is 2. The number of carboxylic acids is 1. The average Bonchev–Trinajstić information content (AvgIpc) is 3.24. The van der Waals surface area contributed by atoms with Crippen molar-refractivity contribution in [3.63, 3.8) is 0 Å². The number of nitrogens with one attached hydrogen (secondary N) is 1. The van der Waals surface area contributed by atoms with E-state index in [4.69, 9.17) is 9.47 Å². The van der Waals surface area contributed by atoms with Crippen molar-refractivity contribution in [2.45, 2.75) is 66.1 Å². The van der Waals surface area contributed by atoms with Gasteiger partial charge in [0.05, 0.1) is 23.6 Å². The predicted octanol–water partition coefficient (Wildman–Crippen LogP) is 5.93. The molecule has 0 amide bonds. The average molecular weight is 548 g/mol. The first-order valence-corrected chi connectivity index (χ1v) is 13.3. The van der Waals surface area contributed by atoms with Gasteiger partial charge in [-0.15, -0.1) is 0 Å². The number of aromatic nitrogens is 3. The van der Waals surface area contributed by atoms with Crippen LogP contribution in [0.4, 0.5) is 4.39 Å². The summed E-state index contributed by atoms with van der Waals surface area (Å²) in [5.41, 5.74) is 4.77. The van der Waals surface area contributed by atoms with Crippen LogP contribution >= 0.6 is 0 Å². The van der Waals surface area contributed by atoms with Crippen LogP contribution in [0, 0.1) is 26.6 Å². The molecule has 0 bridgehead atoms. The molecule has 0 radical (unpaired) electrons. The van der Waals surface area contributed by atoms with Crippen molar-refractivity contribution in [2.75, 3.05) is 6.61 Å². The Bertz CT molecular complexity index is 1710. The lowest BCUT2D eigenvalue weighted by Gasteiger charge is -2.29. The van der Waals surface area contributed by atoms with Gasteiger partial charge >= 0.3 is 5.97 Å². The van der Waals surface area contributed by atoms with Crippen LogP contribution in [0.2, 0.25) is 0 Å². The fraction of sp³-hybridized carbons (Fsp3) is 0.387. The molecule has 0 fully saturated rings. The van der Waals surface area contributed by atoms with Crippen molar-refractivity contribution < 1.29 is 23.8 Å². The number of H-pyrrole nitrogens is 1. The van der Waals surface area contributed by atoms with E-state index in [9.17, 15) is 14.7 Å².